The summed E-state index contributed by atoms with van der Waals surface area (Å²) in [6.45, 7) is 0. The molecule has 2 fully saturated rings. The molecule has 0 saturated heterocycles. The summed E-state index contributed by atoms with van der Waals surface area (Å²) in [5.41, 5.74) is -0.833. The second-order valence-electron chi connectivity index (χ2n) is 5.84. The van der Waals surface area contributed by atoms with Crippen LogP contribution in [0, 0.1) is 17.6 Å². The lowest BCUT2D eigenvalue weighted by Crippen LogP contribution is -2.59. The maximum Gasteiger partial charge on any atom is 0.329 e. The lowest BCUT2D eigenvalue weighted by Gasteiger charge is -2.38. The molecule has 2 aliphatic carbocycles. The maximum absolute atomic E-state index is 13.7. The highest BCUT2D eigenvalue weighted by atomic mass is 19.1. The zero-order valence-electron chi connectivity index (χ0n) is 11.2. The van der Waals surface area contributed by atoms with Crippen LogP contribution < -0.4 is 5.32 Å². The van der Waals surface area contributed by atoms with E-state index in [0.717, 1.165) is 18.6 Å². The van der Waals surface area contributed by atoms with Crippen molar-refractivity contribution in [2.45, 2.75) is 37.1 Å². The van der Waals surface area contributed by atoms with Gasteiger partial charge in [0.1, 0.15) is 17.2 Å². The van der Waals surface area contributed by atoms with Crippen molar-refractivity contribution in [2.24, 2.45) is 5.92 Å². The maximum atomic E-state index is 13.7. The Morgan fingerprint density at radius 1 is 1.29 bits per heavy atom. The number of rotatable bonds is 4. The van der Waals surface area contributed by atoms with E-state index in [1.165, 1.54) is 6.07 Å². The van der Waals surface area contributed by atoms with Crippen molar-refractivity contribution in [3.63, 3.8) is 0 Å². The van der Waals surface area contributed by atoms with Crippen molar-refractivity contribution < 1.29 is 23.5 Å². The molecule has 3 rings (SSSR count). The molecule has 0 aliphatic heterocycles. The van der Waals surface area contributed by atoms with Gasteiger partial charge in [0, 0.05) is 12.0 Å². The Morgan fingerprint density at radius 2 is 2.00 bits per heavy atom. The molecule has 112 valence electrons. The monoisotopic (exact) mass is 295 g/mol. The fraction of sp³-hybridized carbons (Fsp3) is 0.467. The van der Waals surface area contributed by atoms with Crippen molar-refractivity contribution in [3.8, 4) is 0 Å². The Labute approximate surface area is 120 Å². The number of halogens is 2. The van der Waals surface area contributed by atoms with Crippen LogP contribution in [-0.2, 0) is 9.59 Å². The highest BCUT2D eigenvalue weighted by Gasteiger charge is 2.51. The fourth-order valence-corrected chi connectivity index (χ4v) is 2.88. The van der Waals surface area contributed by atoms with Gasteiger partial charge in [-0.05, 0) is 43.2 Å². The van der Waals surface area contributed by atoms with E-state index < -0.39 is 29.1 Å². The molecule has 21 heavy (non-hydrogen) atoms. The Balaban J connectivity index is 1.67. The zero-order chi connectivity index (χ0) is 15.2. The number of nitrogens with one attached hydrogen (secondary N) is 1. The predicted molar refractivity (Wildman–Crippen MR) is 69.6 cm³/mol. The highest BCUT2D eigenvalue weighted by molar-refractivity contribution is 5.90. The summed E-state index contributed by atoms with van der Waals surface area (Å²) in [6.07, 6.45) is 2.09. The van der Waals surface area contributed by atoms with Crippen LogP contribution in [0.2, 0.25) is 0 Å². The minimum atomic E-state index is -1.15. The van der Waals surface area contributed by atoms with Gasteiger partial charge in [-0.1, -0.05) is 6.07 Å². The largest absolute Gasteiger partial charge is 0.480 e. The van der Waals surface area contributed by atoms with Crippen LogP contribution in [0.25, 0.3) is 0 Å². The van der Waals surface area contributed by atoms with Gasteiger partial charge in [0.2, 0.25) is 5.91 Å². The first-order valence-corrected chi connectivity index (χ1v) is 6.93. The van der Waals surface area contributed by atoms with Gasteiger partial charge >= 0.3 is 5.97 Å². The number of hydrogen-bond donors (Lipinski definition) is 2. The number of carboxylic acids is 1. The quantitative estimate of drug-likeness (QED) is 0.895. The van der Waals surface area contributed by atoms with E-state index in [1.807, 2.05) is 0 Å². The van der Waals surface area contributed by atoms with Crippen LogP contribution in [0.5, 0.6) is 0 Å². The predicted octanol–water partition coefficient (Wildman–Crippen LogP) is 2.19. The molecule has 0 spiro atoms. The van der Waals surface area contributed by atoms with Gasteiger partial charge < -0.3 is 10.4 Å². The van der Waals surface area contributed by atoms with Crippen LogP contribution >= 0.6 is 0 Å². The van der Waals surface area contributed by atoms with E-state index in [2.05, 4.69) is 5.32 Å². The average Bonchev–Trinajstić information content (AvgIpc) is 3.13. The lowest BCUT2D eigenvalue weighted by molar-refractivity contribution is -0.152. The third-order valence-corrected chi connectivity index (χ3v) is 4.47. The Kier molecular flexibility index (Phi) is 3.19. The summed E-state index contributed by atoms with van der Waals surface area (Å²) in [7, 11) is 0. The molecule has 0 heterocycles. The smallest absolute Gasteiger partial charge is 0.329 e. The van der Waals surface area contributed by atoms with E-state index in [4.69, 9.17) is 0 Å². The lowest BCUT2D eigenvalue weighted by atomic mass is 9.76. The first kappa shape index (κ1) is 14.0. The highest BCUT2D eigenvalue weighted by Crippen LogP contribution is 2.49. The molecule has 0 radical (unpaired) electrons. The number of carbonyl (C=O) groups is 2. The molecule has 1 amide bonds. The number of amides is 1. The summed E-state index contributed by atoms with van der Waals surface area (Å²) in [5.74, 6) is -3.42. The molecule has 2 aliphatic rings. The van der Waals surface area contributed by atoms with Gasteiger partial charge in [0.15, 0.2) is 0 Å². The first-order chi connectivity index (χ1) is 9.93. The number of benzene rings is 1. The molecular formula is C15H15F2NO3. The zero-order valence-corrected chi connectivity index (χ0v) is 11.2. The van der Waals surface area contributed by atoms with Gasteiger partial charge in [-0.2, -0.15) is 0 Å². The number of hydrogen-bond acceptors (Lipinski definition) is 2. The van der Waals surface area contributed by atoms with E-state index in [9.17, 15) is 23.5 Å². The second-order valence-corrected chi connectivity index (χ2v) is 5.84. The number of carboxylic acid groups (broad SMARTS) is 1. The SMILES string of the molecule is O=C(NC1(C(=O)O)CCC1)C1CC1c1ccc(F)cc1F. The molecule has 2 unspecified atom stereocenters. The second kappa shape index (κ2) is 4.79. The van der Waals surface area contributed by atoms with Crippen LogP contribution in [0.15, 0.2) is 18.2 Å². The minimum Gasteiger partial charge on any atom is -0.480 e. The first-order valence-electron chi connectivity index (χ1n) is 6.93. The van der Waals surface area contributed by atoms with Crippen LogP contribution in [0.4, 0.5) is 8.78 Å². The number of aliphatic carboxylic acids is 1. The van der Waals surface area contributed by atoms with Crippen molar-refractivity contribution in [1.29, 1.82) is 0 Å². The average molecular weight is 295 g/mol. The van der Waals surface area contributed by atoms with Crippen LogP contribution in [0.3, 0.4) is 0 Å². The topological polar surface area (TPSA) is 66.4 Å². The third kappa shape index (κ3) is 2.39. The van der Waals surface area contributed by atoms with Crippen molar-refractivity contribution in [1.82, 2.24) is 5.32 Å². The molecule has 0 bridgehead atoms. The summed E-state index contributed by atoms with van der Waals surface area (Å²) < 4.78 is 26.5. The molecule has 2 saturated carbocycles. The van der Waals surface area contributed by atoms with Gasteiger partial charge in [0.05, 0.1) is 0 Å². The summed E-state index contributed by atoms with van der Waals surface area (Å²) in [5, 5.41) is 11.8. The van der Waals surface area contributed by atoms with E-state index in [0.29, 0.717) is 24.8 Å². The summed E-state index contributed by atoms with van der Waals surface area (Å²) in [6, 6.07) is 3.31. The van der Waals surface area contributed by atoms with E-state index in [1.54, 1.807) is 0 Å². The minimum absolute atomic E-state index is 0.295. The Bertz CT molecular complexity index is 613. The van der Waals surface area contributed by atoms with Gasteiger partial charge in [-0.15, -0.1) is 0 Å². The Morgan fingerprint density at radius 3 is 2.52 bits per heavy atom. The van der Waals surface area contributed by atoms with Crippen LogP contribution in [0.1, 0.15) is 37.2 Å². The van der Waals surface area contributed by atoms with Crippen molar-refractivity contribution in [2.75, 3.05) is 0 Å². The molecule has 1 aromatic carbocycles. The molecule has 2 atom stereocenters. The molecular weight excluding hydrogens is 280 g/mol. The van der Waals surface area contributed by atoms with E-state index >= 15 is 0 Å². The number of carbonyl (C=O) groups excluding carboxylic acids is 1. The van der Waals surface area contributed by atoms with Gasteiger partial charge in [-0.25, -0.2) is 13.6 Å². The molecule has 0 aromatic heterocycles. The molecule has 1 aromatic rings. The Hall–Kier alpha value is -1.98. The summed E-state index contributed by atoms with van der Waals surface area (Å²) >= 11 is 0. The molecule has 4 nitrogen and oxygen atoms in total. The normalized spacial score (nSPS) is 25.8. The third-order valence-electron chi connectivity index (χ3n) is 4.47. The summed E-state index contributed by atoms with van der Waals surface area (Å²) in [4.78, 5) is 23.3. The van der Waals surface area contributed by atoms with Gasteiger partial charge in [-0.3, -0.25) is 4.79 Å². The standard InChI is InChI=1S/C15H15F2NO3/c16-8-2-3-9(12(17)6-8)10-7-11(10)13(19)18-15(14(20)21)4-1-5-15/h2-3,6,10-11H,1,4-5,7H2,(H,18,19)(H,20,21). The van der Waals surface area contributed by atoms with E-state index in [-0.39, 0.29) is 11.8 Å². The molecule has 6 heteroatoms. The van der Waals surface area contributed by atoms with Crippen molar-refractivity contribution in [3.05, 3.63) is 35.4 Å². The van der Waals surface area contributed by atoms with Crippen LogP contribution in [-0.4, -0.2) is 22.5 Å². The molecule has 2 N–H and O–H groups in total. The van der Waals surface area contributed by atoms with Crippen molar-refractivity contribution >= 4 is 11.9 Å². The van der Waals surface area contributed by atoms with Gasteiger partial charge in [0.25, 0.3) is 0 Å². The fourth-order valence-electron chi connectivity index (χ4n) is 2.88.